The van der Waals surface area contributed by atoms with E-state index in [1.54, 1.807) is 36.4 Å². The van der Waals surface area contributed by atoms with Gasteiger partial charge in [-0.05, 0) is 161 Å². The van der Waals surface area contributed by atoms with E-state index in [9.17, 15) is 152 Å². The van der Waals surface area contributed by atoms with Crippen molar-refractivity contribution in [3.05, 3.63) is 278 Å². The summed E-state index contributed by atoms with van der Waals surface area (Å²) in [4.78, 5) is 36.4. The lowest BCUT2D eigenvalue weighted by Gasteiger charge is -2.34. The third kappa shape index (κ3) is 17.8. The highest BCUT2D eigenvalue weighted by Crippen LogP contribution is 2.54. The van der Waals surface area contributed by atoms with Crippen molar-refractivity contribution in [2.24, 2.45) is 0 Å². The summed E-state index contributed by atoms with van der Waals surface area (Å²) >= 11 is 0. The van der Waals surface area contributed by atoms with E-state index in [2.05, 4.69) is 0 Å². The topological polar surface area (TPSA) is 657 Å². The first-order chi connectivity index (χ1) is 59.9. The summed E-state index contributed by atoms with van der Waals surface area (Å²) in [6.45, 7) is 0. The highest BCUT2D eigenvalue weighted by molar-refractivity contribution is 6.04. The zero-order valence-corrected chi connectivity index (χ0v) is 64.6. The highest BCUT2D eigenvalue weighted by Gasteiger charge is 2.44. The molecule has 12 atom stereocenters. The molecule has 0 saturated heterocycles. The molecular formula is C90H76O36. The number of hydrogen-bond acceptors (Lipinski definition) is 36. The summed E-state index contributed by atoms with van der Waals surface area (Å²) in [5.41, 5.74) is 2.68. The first kappa shape index (κ1) is 87.7. The van der Waals surface area contributed by atoms with Gasteiger partial charge in [0.05, 0.1) is 12.0 Å². The molecule has 13 aromatic rings. The van der Waals surface area contributed by atoms with Crippen molar-refractivity contribution in [2.45, 2.75) is 79.7 Å². The van der Waals surface area contributed by atoms with Crippen molar-refractivity contribution in [1.29, 1.82) is 0 Å². The second-order valence-electron chi connectivity index (χ2n) is 28.8. The van der Waals surface area contributed by atoms with E-state index in [-0.39, 0.29) is 154 Å². The van der Waals surface area contributed by atoms with Crippen molar-refractivity contribution in [1.82, 2.24) is 0 Å². The molecule has 0 unspecified atom stereocenters. The first-order valence-corrected chi connectivity index (χ1v) is 37.5. The van der Waals surface area contributed by atoms with Gasteiger partial charge in [0.2, 0.25) is 34.2 Å². The normalized spacial score (nSPS) is 20.2. The number of Topliss-reactive ketones (excluding diaryl/α,β-unsaturated/α-hetero) is 2. The number of aromatic hydroxyl groups is 20. The van der Waals surface area contributed by atoms with Gasteiger partial charge in [-0.2, -0.15) is 0 Å². The van der Waals surface area contributed by atoms with Gasteiger partial charge >= 0.3 is 0 Å². The molecule has 0 spiro atoms. The predicted octanol–water partition coefficient (Wildman–Crippen LogP) is 9.97. The number of ether oxygens (including phenoxy) is 5. The number of aliphatic hydroxyl groups is 7. The average Bonchev–Trinajstić information content (AvgIpc) is 0.791. The number of benzene rings is 12. The summed E-state index contributed by atoms with van der Waals surface area (Å²) in [7, 11) is 0. The molecule has 0 amide bonds. The Morgan fingerprint density at radius 1 is 0.278 bits per heavy atom. The SMILES string of the molecule is O=C1C[C@@H](c2ccc(O)cc2)Oc2cc(O)cc(O)c21.O=C1c2ccc(O)c(O)c2O[C@H](c2ccc(O)cc2)[C@@H]1O.O=c1c(O)c(-c2ccc(O)cc2)oc2cc(O)cc(O)c12.Oc1ccc([C@H]2Oc3c(ccc(O)c3O)[C@@H](O)[C@H]2O)cc1.Oc1ccc([C@H]2Oc3c(ccc(O)c3O)[C@@H](O)[C@H]2O)cc1.Oc1ccc([C@H]2Oc3c(ccc(O)c3O)[C@@H](O)[C@H]2O)cc1O. The van der Waals surface area contributed by atoms with Crippen LogP contribution >= 0.6 is 0 Å². The Labute approximate surface area is 708 Å². The first-order valence-electron chi connectivity index (χ1n) is 37.5. The van der Waals surface area contributed by atoms with Crippen LogP contribution in [0, 0.1) is 0 Å². The number of phenolic OH excluding ortho intramolecular Hbond substituents is 19. The van der Waals surface area contributed by atoms with Crippen LogP contribution in [0.3, 0.4) is 0 Å². The molecule has 36 nitrogen and oxygen atoms in total. The molecule has 0 saturated carbocycles. The lowest BCUT2D eigenvalue weighted by Crippen LogP contribution is -2.36. The van der Waals surface area contributed by atoms with Gasteiger partial charge in [0, 0.05) is 46.5 Å². The maximum Gasteiger partial charge on any atom is 0.238 e. The van der Waals surface area contributed by atoms with Crippen LogP contribution in [0.1, 0.15) is 120 Å². The smallest absolute Gasteiger partial charge is 0.238 e. The zero-order valence-electron chi connectivity index (χ0n) is 64.6. The fraction of sp³-hybridized carbons (Fsp3) is 0.144. The second-order valence-corrected chi connectivity index (χ2v) is 28.8. The molecule has 27 N–H and O–H groups in total. The van der Waals surface area contributed by atoms with E-state index in [1.807, 2.05) is 0 Å². The molecule has 0 aliphatic carbocycles. The second kappa shape index (κ2) is 35.9. The minimum absolute atomic E-state index is 0.00725. The van der Waals surface area contributed by atoms with E-state index < -0.39 is 136 Å². The minimum Gasteiger partial charge on any atom is -0.508 e. The molecule has 0 fully saturated rings. The summed E-state index contributed by atoms with van der Waals surface area (Å²) in [6.07, 6.45) is -13.6. The molecule has 12 aromatic carbocycles. The molecule has 5 aliphatic heterocycles. The molecule has 36 heteroatoms. The van der Waals surface area contributed by atoms with E-state index in [0.717, 1.165) is 23.8 Å². The zero-order chi connectivity index (χ0) is 90.9. The number of ketones is 2. The molecule has 0 radical (unpaired) electrons. The van der Waals surface area contributed by atoms with Crippen molar-refractivity contribution < 1.29 is 176 Å². The lowest BCUT2D eigenvalue weighted by molar-refractivity contribution is -0.0710. The summed E-state index contributed by atoms with van der Waals surface area (Å²) in [5, 5.41) is 262. The van der Waals surface area contributed by atoms with Crippen molar-refractivity contribution >= 4 is 22.5 Å². The Morgan fingerprint density at radius 2 is 0.635 bits per heavy atom. The Balaban J connectivity index is 0.000000130. The number of aliphatic hydroxyl groups excluding tert-OH is 7. The molecular weight excluding hydrogens is 1660 g/mol. The van der Waals surface area contributed by atoms with Gasteiger partial charge in [-0.1, -0.05) is 54.6 Å². The van der Waals surface area contributed by atoms with E-state index in [1.165, 1.54) is 158 Å². The Hall–Kier alpha value is -16.1. The molecule has 6 heterocycles. The van der Waals surface area contributed by atoms with Crippen LogP contribution in [-0.4, -0.2) is 174 Å². The van der Waals surface area contributed by atoms with Crippen LogP contribution in [0.4, 0.5) is 0 Å². The van der Waals surface area contributed by atoms with Crippen LogP contribution in [0.15, 0.2) is 222 Å². The van der Waals surface area contributed by atoms with E-state index in [0.29, 0.717) is 22.3 Å². The van der Waals surface area contributed by atoms with Crippen LogP contribution in [0.5, 0.6) is 144 Å². The van der Waals surface area contributed by atoms with Gasteiger partial charge in [0.25, 0.3) is 0 Å². The van der Waals surface area contributed by atoms with E-state index >= 15 is 0 Å². The fourth-order valence-corrected chi connectivity index (χ4v) is 13.9. The molecule has 652 valence electrons. The number of phenols is 19. The van der Waals surface area contributed by atoms with Gasteiger partial charge < -0.3 is 166 Å². The summed E-state index contributed by atoms with van der Waals surface area (Å²) < 4.78 is 33.2. The third-order valence-corrected chi connectivity index (χ3v) is 20.5. The Bertz CT molecular complexity index is 6180. The number of fused-ring (bicyclic) bond motifs is 6. The van der Waals surface area contributed by atoms with Gasteiger partial charge in [0.1, 0.15) is 117 Å². The quantitative estimate of drug-likeness (QED) is 0.0688. The van der Waals surface area contributed by atoms with Gasteiger partial charge in [-0.25, -0.2) is 0 Å². The predicted molar refractivity (Wildman–Crippen MR) is 435 cm³/mol. The third-order valence-electron chi connectivity index (χ3n) is 20.5. The number of hydrogen-bond donors (Lipinski definition) is 27. The van der Waals surface area contributed by atoms with Gasteiger partial charge in [-0.15, -0.1) is 0 Å². The molecule has 18 rings (SSSR count). The van der Waals surface area contributed by atoms with Crippen molar-refractivity contribution in [3.8, 4) is 155 Å². The Kier molecular flexibility index (Phi) is 25.0. The molecule has 0 bridgehead atoms. The van der Waals surface area contributed by atoms with Gasteiger partial charge in [-0.3, -0.25) is 14.4 Å². The minimum atomic E-state index is -1.44. The van der Waals surface area contributed by atoms with Crippen LogP contribution in [0.25, 0.3) is 22.3 Å². The largest absolute Gasteiger partial charge is 0.508 e. The summed E-state index contributed by atoms with van der Waals surface area (Å²) in [5.74, 6) is -7.17. The number of rotatable bonds is 6. The average molecular weight is 1730 g/mol. The molecule has 126 heavy (non-hydrogen) atoms. The van der Waals surface area contributed by atoms with Gasteiger partial charge in [0.15, 0.2) is 105 Å². The van der Waals surface area contributed by atoms with Crippen LogP contribution < -0.4 is 29.1 Å². The highest BCUT2D eigenvalue weighted by atomic mass is 16.5. The molecule has 5 aliphatic rings. The number of carbonyl (C=O) groups is 2. The van der Waals surface area contributed by atoms with Crippen molar-refractivity contribution in [3.63, 3.8) is 0 Å². The van der Waals surface area contributed by atoms with Crippen molar-refractivity contribution in [2.75, 3.05) is 0 Å². The van der Waals surface area contributed by atoms with Crippen LogP contribution in [0.2, 0.25) is 0 Å². The fourth-order valence-electron chi connectivity index (χ4n) is 13.9. The summed E-state index contributed by atoms with van der Waals surface area (Å²) in [6, 6.07) is 48.2. The Morgan fingerprint density at radius 3 is 1.07 bits per heavy atom. The van der Waals surface area contributed by atoms with Crippen LogP contribution in [-0.2, 0) is 0 Å². The van der Waals surface area contributed by atoms with E-state index in [4.69, 9.17) is 28.1 Å². The standard InChI is InChI=1S/C15H14O7.C15H10O6.2C15H14O6.C15H12O6.C15H12O5/c16-8-3-1-6(5-10(8)18)14-13(21)11(19)7-2-4-9(17)12(20)15(7)22-14;16-8-3-1-7(2-4-8)15-14(20)13(19)12-10(18)5-9(17)6-11(12)21-15;3*16-8-3-1-7(2-4-8)14-13(20)11(18)9-5-6-10(17)12(19)15(9)21-14;16-9-3-1-8(2-4-9)13-7-12(19)15-11(18)5-10(17)6-14(15)20-13/h1-5,11,13-14,16-21H;1-6,16-18,20H;2*1-6,11,13-14,16-20H;1-6,13-14,16-17,19-20H;1-6,13,16-18H,7H2/t11-,13-,14-;;2*11-,13-,14-;13-,14-;13-/m1.1110/s1. The maximum absolute atomic E-state index is 12.2. The lowest BCUT2D eigenvalue weighted by atomic mass is 9.91. The molecule has 1 aromatic heterocycles. The maximum atomic E-state index is 12.2. The number of carbonyl (C=O) groups excluding carboxylic acids is 2. The monoisotopic (exact) mass is 1730 g/mol.